The average molecular weight is 457 g/mol. The average Bonchev–Trinajstić information content (AvgIpc) is 3.01. The predicted molar refractivity (Wildman–Crippen MR) is 126 cm³/mol. The Bertz CT molecular complexity index is 1010. The van der Waals surface area contributed by atoms with Crippen LogP contribution in [0.25, 0.3) is 5.76 Å². The summed E-state index contributed by atoms with van der Waals surface area (Å²) in [5.41, 5.74) is 2.30. The van der Waals surface area contributed by atoms with Crippen LogP contribution in [0.4, 0.5) is 0 Å². The summed E-state index contributed by atoms with van der Waals surface area (Å²) in [5.74, 6) is -1.60. The highest BCUT2D eigenvalue weighted by atomic mass is 35.5. The van der Waals surface area contributed by atoms with E-state index < -0.39 is 17.7 Å². The van der Waals surface area contributed by atoms with Gasteiger partial charge in [0.05, 0.1) is 18.2 Å². The number of hydrogen-bond acceptors (Lipinski definition) is 5. The number of halogens is 1. The van der Waals surface area contributed by atoms with Crippen molar-refractivity contribution in [2.45, 2.75) is 32.2 Å². The Kier molecular flexibility index (Phi) is 7.39. The lowest BCUT2D eigenvalue weighted by atomic mass is 9.85. The van der Waals surface area contributed by atoms with E-state index in [-0.39, 0.29) is 29.9 Å². The quantitative estimate of drug-likeness (QED) is 0.256. The molecule has 2 aromatic carbocycles. The molecule has 0 aliphatic carbocycles. The number of likely N-dealkylation sites (tertiary alicyclic amines) is 1. The summed E-state index contributed by atoms with van der Waals surface area (Å²) in [6.07, 6.45) is 0. The predicted octanol–water partition coefficient (Wildman–Crippen LogP) is 3.64. The van der Waals surface area contributed by atoms with E-state index >= 15 is 0 Å². The van der Waals surface area contributed by atoms with Gasteiger partial charge in [0, 0.05) is 30.2 Å². The fourth-order valence-corrected chi connectivity index (χ4v) is 3.92. The van der Waals surface area contributed by atoms with Crippen molar-refractivity contribution in [2.24, 2.45) is 0 Å². The summed E-state index contributed by atoms with van der Waals surface area (Å²) in [7, 11) is 0. The van der Waals surface area contributed by atoms with Gasteiger partial charge in [-0.3, -0.25) is 9.59 Å². The minimum atomic E-state index is -0.718. The molecule has 1 saturated heterocycles. The first-order valence-corrected chi connectivity index (χ1v) is 11.0. The van der Waals surface area contributed by atoms with E-state index in [1.165, 1.54) is 4.90 Å². The summed E-state index contributed by atoms with van der Waals surface area (Å²) >= 11 is 5.96. The van der Waals surface area contributed by atoms with Crippen LogP contribution in [0.3, 0.4) is 0 Å². The SMILES string of the molecule is CC(C)(C)c1ccc(C2/C(=C(\O)c3ccc(Cl)cc3)C(=O)C(=O)N2CCNCCO)cc1. The fourth-order valence-electron chi connectivity index (χ4n) is 3.79. The number of carbonyl (C=O) groups is 2. The molecular weight excluding hydrogens is 428 g/mol. The first-order valence-electron chi connectivity index (χ1n) is 10.6. The smallest absolute Gasteiger partial charge is 0.295 e. The number of nitrogens with one attached hydrogen (secondary N) is 1. The zero-order chi connectivity index (χ0) is 23.5. The van der Waals surface area contributed by atoms with Gasteiger partial charge in [-0.25, -0.2) is 0 Å². The van der Waals surface area contributed by atoms with Crippen LogP contribution in [0.1, 0.15) is 43.5 Å². The molecule has 3 N–H and O–H groups in total. The third kappa shape index (κ3) is 5.04. The van der Waals surface area contributed by atoms with E-state index in [1.807, 2.05) is 24.3 Å². The van der Waals surface area contributed by atoms with Gasteiger partial charge in [-0.05, 0) is 40.8 Å². The highest BCUT2D eigenvalue weighted by molar-refractivity contribution is 6.46. The normalized spacial score (nSPS) is 18.4. The summed E-state index contributed by atoms with van der Waals surface area (Å²) < 4.78 is 0. The van der Waals surface area contributed by atoms with E-state index in [0.29, 0.717) is 23.7 Å². The molecular formula is C25H29ClN2O4. The van der Waals surface area contributed by atoms with Crippen molar-refractivity contribution < 1.29 is 19.8 Å². The van der Waals surface area contributed by atoms with Crippen LogP contribution in [-0.4, -0.2) is 53.0 Å². The molecule has 0 aromatic heterocycles. The van der Waals surface area contributed by atoms with E-state index in [4.69, 9.17) is 16.7 Å². The maximum atomic E-state index is 13.0. The zero-order valence-corrected chi connectivity index (χ0v) is 19.3. The first kappa shape index (κ1) is 24.0. The van der Waals surface area contributed by atoms with Crippen molar-refractivity contribution >= 4 is 29.1 Å². The van der Waals surface area contributed by atoms with Gasteiger partial charge in [0.1, 0.15) is 5.76 Å². The van der Waals surface area contributed by atoms with Crippen LogP contribution < -0.4 is 5.32 Å². The third-order valence-corrected chi connectivity index (χ3v) is 5.82. The van der Waals surface area contributed by atoms with Crippen molar-refractivity contribution in [1.29, 1.82) is 0 Å². The summed E-state index contributed by atoms with van der Waals surface area (Å²) in [6, 6.07) is 13.6. The number of aliphatic hydroxyl groups excluding tert-OH is 2. The summed E-state index contributed by atoms with van der Waals surface area (Å²) in [4.78, 5) is 27.4. The van der Waals surface area contributed by atoms with Crippen LogP contribution in [0, 0.1) is 0 Å². The minimum Gasteiger partial charge on any atom is -0.507 e. The third-order valence-electron chi connectivity index (χ3n) is 5.57. The molecule has 1 amide bonds. The van der Waals surface area contributed by atoms with Crippen LogP contribution in [-0.2, 0) is 15.0 Å². The summed E-state index contributed by atoms with van der Waals surface area (Å²) in [5, 5.41) is 23.6. The van der Waals surface area contributed by atoms with Gasteiger partial charge in [0.2, 0.25) is 0 Å². The van der Waals surface area contributed by atoms with Gasteiger partial charge in [-0.1, -0.05) is 56.6 Å². The van der Waals surface area contributed by atoms with Gasteiger partial charge < -0.3 is 20.4 Å². The molecule has 0 spiro atoms. The van der Waals surface area contributed by atoms with Crippen LogP contribution in [0.2, 0.25) is 5.02 Å². The standard InChI is InChI=1S/C25H29ClN2O4/c1-25(2,3)18-8-4-16(5-9-18)21-20(22(30)17-6-10-19(26)11-7-17)23(31)24(32)28(21)14-12-27-13-15-29/h4-11,21,27,29-30H,12-15H2,1-3H3/b22-20+. The van der Waals surface area contributed by atoms with Gasteiger partial charge in [0.25, 0.3) is 11.7 Å². The Hall–Kier alpha value is -2.67. The van der Waals surface area contributed by atoms with Gasteiger partial charge >= 0.3 is 0 Å². The molecule has 1 atom stereocenters. The molecule has 1 aliphatic rings. The molecule has 0 saturated carbocycles. The van der Waals surface area contributed by atoms with Crippen LogP contribution >= 0.6 is 11.6 Å². The summed E-state index contributed by atoms with van der Waals surface area (Å²) in [6.45, 7) is 7.37. The van der Waals surface area contributed by atoms with E-state index in [2.05, 4.69) is 26.1 Å². The Morgan fingerprint density at radius 1 is 1.03 bits per heavy atom. The largest absolute Gasteiger partial charge is 0.507 e. The molecule has 1 fully saturated rings. The van der Waals surface area contributed by atoms with Gasteiger partial charge in [-0.15, -0.1) is 0 Å². The number of benzene rings is 2. The molecule has 0 bridgehead atoms. The fraction of sp³-hybridized carbons (Fsp3) is 0.360. The number of hydrogen-bond donors (Lipinski definition) is 3. The lowest BCUT2D eigenvalue weighted by Crippen LogP contribution is -2.36. The van der Waals surface area contributed by atoms with E-state index in [0.717, 1.165) is 11.1 Å². The molecule has 1 heterocycles. The van der Waals surface area contributed by atoms with Gasteiger partial charge in [0.15, 0.2) is 0 Å². The second-order valence-electron chi connectivity index (χ2n) is 8.84. The minimum absolute atomic E-state index is 0.0208. The maximum Gasteiger partial charge on any atom is 0.295 e. The zero-order valence-electron chi connectivity index (χ0n) is 18.6. The number of aliphatic hydroxyl groups is 2. The van der Waals surface area contributed by atoms with E-state index in [9.17, 15) is 14.7 Å². The Labute approximate surface area is 193 Å². The number of rotatable bonds is 7. The molecule has 1 aliphatic heterocycles. The van der Waals surface area contributed by atoms with Crippen molar-refractivity contribution in [3.63, 3.8) is 0 Å². The van der Waals surface area contributed by atoms with Crippen molar-refractivity contribution in [1.82, 2.24) is 10.2 Å². The molecule has 3 rings (SSSR count). The highest BCUT2D eigenvalue weighted by Crippen LogP contribution is 2.39. The molecule has 6 nitrogen and oxygen atoms in total. The topological polar surface area (TPSA) is 89.9 Å². The van der Waals surface area contributed by atoms with Crippen molar-refractivity contribution in [3.8, 4) is 0 Å². The van der Waals surface area contributed by atoms with Crippen molar-refractivity contribution in [3.05, 3.63) is 75.8 Å². The number of ketones is 1. The lowest BCUT2D eigenvalue weighted by molar-refractivity contribution is -0.139. The van der Waals surface area contributed by atoms with E-state index in [1.54, 1.807) is 24.3 Å². The maximum absolute atomic E-state index is 13.0. The monoisotopic (exact) mass is 456 g/mol. The second-order valence-corrected chi connectivity index (χ2v) is 9.28. The molecule has 32 heavy (non-hydrogen) atoms. The number of nitrogens with zero attached hydrogens (tertiary/aromatic N) is 1. The van der Waals surface area contributed by atoms with Crippen LogP contribution in [0.5, 0.6) is 0 Å². The Morgan fingerprint density at radius 3 is 2.22 bits per heavy atom. The lowest BCUT2D eigenvalue weighted by Gasteiger charge is -2.26. The first-order chi connectivity index (χ1) is 15.1. The van der Waals surface area contributed by atoms with Crippen molar-refractivity contribution in [2.75, 3.05) is 26.2 Å². The Balaban J connectivity index is 2.07. The molecule has 170 valence electrons. The Morgan fingerprint density at radius 2 is 1.66 bits per heavy atom. The molecule has 7 heteroatoms. The second kappa shape index (κ2) is 9.86. The van der Waals surface area contributed by atoms with Crippen LogP contribution in [0.15, 0.2) is 54.1 Å². The molecule has 1 unspecified atom stereocenters. The number of Topliss-reactive ketones (excluding diaryl/α,β-unsaturated/α-hetero) is 1. The number of carbonyl (C=O) groups excluding carboxylic acids is 2. The number of amides is 1. The highest BCUT2D eigenvalue weighted by Gasteiger charge is 2.45. The van der Waals surface area contributed by atoms with Gasteiger partial charge in [-0.2, -0.15) is 0 Å². The molecule has 2 aromatic rings. The molecule has 0 radical (unpaired) electrons.